The van der Waals surface area contributed by atoms with Crippen LogP contribution >= 0.6 is 11.8 Å². The van der Waals surface area contributed by atoms with Crippen LogP contribution in [0.15, 0.2) is 40.4 Å². The molecule has 0 bridgehead atoms. The maximum Gasteiger partial charge on any atom is 0.269 e. The van der Waals surface area contributed by atoms with Crippen LogP contribution < -0.4 is 15.0 Å². The van der Waals surface area contributed by atoms with Gasteiger partial charge in [0.05, 0.1) is 42.2 Å². The average molecular weight is 470 g/mol. The lowest BCUT2D eigenvalue weighted by atomic mass is 9.89. The predicted molar refractivity (Wildman–Crippen MR) is 125 cm³/mol. The Morgan fingerprint density at radius 1 is 1.21 bits per heavy atom. The third-order valence-electron chi connectivity index (χ3n) is 6.45. The third-order valence-corrected chi connectivity index (χ3v) is 7.31. The fourth-order valence-electron chi connectivity index (χ4n) is 4.51. The van der Waals surface area contributed by atoms with Crippen molar-refractivity contribution in [2.24, 2.45) is 5.92 Å². The molecule has 0 radical (unpaired) electrons. The summed E-state index contributed by atoms with van der Waals surface area (Å²) >= 11 is 1.69. The van der Waals surface area contributed by atoms with Crippen molar-refractivity contribution in [2.75, 3.05) is 32.7 Å². The minimum absolute atomic E-state index is 0.168. The molecule has 2 atom stereocenters. The molecule has 1 N–H and O–H groups in total. The van der Waals surface area contributed by atoms with Crippen LogP contribution in [0.5, 0.6) is 11.5 Å². The summed E-state index contributed by atoms with van der Waals surface area (Å²) in [5, 5.41) is 10.8. The van der Waals surface area contributed by atoms with Crippen molar-refractivity contribution in [3.05, 3.63) is 46.8 Å². The lowest BCUT2D eigenvalue weighted by molar-refractivity contribution is 0.0174. The zero-order chi connectivity index (χ0) is 22.8. The minimum Gasteiger partial charge on any atom is -0.495 e. The molecule has 3 aromatic heterocycles. The highest BCUT2D eigenvalue weighted by Gasteiger charge is 2.27. The SMILES string of the molecule is COc1cnc2ncc(=O)n(CCN3CCC(CCc4cc5c(cn4)OCS5)C(O)C3)c2c1. The molecule has 33 heavy (non-hydrogen) atoms. The minimum atomic E-state index is -0.390. The number of aryl methyl sites for hydroxylation is 1. The molecule has 2 aliphatic rings. The molecule has 9 nitrogen and oxygen atoms in total. The number of rotatable bonds is 7. The van der Waals surface area contributed by atoms with Crippen molar-refractivity contribution >= 4 is 22.9 Å². The highest BCUT2D eigenvalue weighted by molar-refractivity contribution is 7.99. The van der Waals surface area contributed by atoms with Crippen LogP contribution in [0.2, 0.25) is 0 Å². The largest absolute Gasteiger partial charge is 0.495 e. The fourth-order valence-corrected chi connectivity index (χ4v) is 5.30. The molecular weight excluding hydrogens is 442 g/mol. The number of nitrogens with zero attached hydrogens (tertiary/aromatic N) is 5. The summed E-state index contributed by atoms with van der Waals surface area (Å²) in [5.74, 6) is 2.36. The molecule has 5 heterocycles. The van der Waals surface area contributed by atoms with Gasteiger partial charge in [0.25, 0.3) is 5.56 Å². The number of aliphatic hydroxyl groups is 1. The molecule has 0 saturated carbocycles. The van der Waals surface area contributed by atoms with Gasteiger partial charge in [-0.25, -0.2) is 9.97 Å². The number of fused-ring (bicyclic) bond motifs is 2. The lowest BCUT2D eigenvalue weighted by Crippen LogP contribution is -2.45. The number of likely N-dealkylation sites (tertiary alicyclic amines) is 1. The Morgan fingerprint density at radius 3 is 2.94 bits per heavy atom. The van der Waals surface area contributed by atoms with Crippen molar-refractivity contribution in [3.63, 3.8) is 0 Å². The predicted octanol–water partition coefficient (Wildman–Crippen LogP) is 1.95. The van der Waals surface area contributed by atoms with Crippen LogP contribution in [0.4, 0.5) is 0 Å². The van der Waals surface area contributed by atoms with Crippen LogP contribution in [0.25, 0.3) is 11.2 Å². The first-order valence-electron chi connectivity index (χ1n) is 11.2. The Morgan fingerprint density at radius 2 is 2.09 bits per heavy atom. The van der Waals surface area contributed by atoms with Gasteiger partial charge in [0.1, 0.15) is 11.7 Å². The third kappa shape index (κ3) is 4.83. The molecule has 10 heteroatoms. The number of pyridine rings is 2. The molecule has 174 valence electrons. The molecule has 1 fully saturated rings. The fraction of sp³-hybridized carbons (Fsp3) is 0.478. The molecule has 5 rings (SSSR count). The van der Waals surface area contributed by atoms with E-state index in [9.17, 15) is 9.90 Å². The Kier molecular flexibility index (Phi) is 6.48. The van der Waals surface area contributed by atoms with Gasteiger partial charge in [0.15, 0.2) is 11.4 Å². The van der Waals surface area contributed by atoms with Crippen molar-refractivity contribution in [2.45, 2.75) is 36.8 Å². The van der Waals surface area contributed by atoms with E-state index >= 15 is 0 Å². The van der Waals surface area contributed by atoms with E-state index in [0.717, 1.165) is 42.1 Å². The van der Waals surface area contributed by atoms with Gasteiger partial charge in [-0.3, -0.25) is 14.7 Å². The molecule has 2 aliphatic heterocycles. The second-order valence-electron chi connectivity index (χ2n) is 8.45. The maximum atomic E-state index is 12.5. The monoisotopic (exact) mass is 469 g/mol. The number of thioether (sulfide) groups is 1. The Bertz CT molecular complexity index is 1200. The molecule has 0 aromatic carbocycles. The second kappa shape index (κ2) is 9.66. The smallest absolute Gasteiger partial charge is 0.269 e. The first-order valence-corrected chi connectivity index (χ1v) is 12.1. The molecule has 1 saturated heterocycles. The van der Waals surface area contributed by atoms with Gasteiger partial charge >= 0.3 is 0 Å². The van der Waals surface area contributed by atoms with E-state index in [1.165, 1.54) is 6.20 Å². The van der Waals surface area contributed by atoms with Crippen LogP contribution in [-0.2, 0) is 13.0 Å². The van der Waals surface area contributed by atoms with Crippen molar-refractivity contribution in [1.29, 1.82) is 0 Å². The van der Waals surface area contributed by atoms with Gasteiger partial charge in [-0.05, 0) is 37.8 Å². The van der Waals surface area contributed by atoms with Crippen molar-refractivity contribution in [3.8, 4) is 11.5 Å². The Labute approximate surface area is 195 Å². The Hall–Kier alpha value is -2.69. The highest BCUT2D eigenvalue weighted by Crippen LogP contribution is 2.36. The van der Waals surface area contributed by atoms with Crippen molar-refractivity contribution < 1.29 is 14.6 Å². The summed E-state index contributed by atoms with van der Waals surface area (Å²) in [6.07, 6.45) is 7.00. The summed E-state index contributed by atoms with van der Waals surface area (Å²) in [6.45, 7) is 2.67. The van der Waals surface area contributed by atoms with Crippen molar-refractivity contribution in [1.82, 2.24) is 24.4 Å². The summed E-state index contributed by atoms with van der Waals surface area (Å²) in [5.41, 5.74) is 2.05. The van der Waals surface area contributed by atoms with Crippen LogP contribution in [0, 0.1) is 5.92 Å². The van der Waals surface area contributed by atoms with Crippen LogP contribution in [-0.4, -0.2) is 68.3 Å². The van der Waals surface area contributed by atoms with E-state index in [1.807, 2.05) is 0 Å². The summed E-state index contributed by atoms with van der Waals surface area (Å²) in [6, 6.07) is 3.89. The van der Waals surface area contributed by atoms with E-state index in [-0.39, 0.29) is 11.5 Å². The first kappa shape index (κ1) is 22.1. The number of aliphatic hydroxyl groups excluding tert-OH is 1. The summed E-state index contributed by atoms with van der Waals surface area (Å²) in [7, 11) is 1.57. The molecule has 2 unspecified atom stereocenters. The van der Waals surface area contributed by atoms with E-state index < -0.39 is 6.10 Å². The van der Waals surface area contributed by atoms with E-state index in [2.05, 4.69) is 25.9 Å². The van der Waals surface area contributed by atoms with E-state index in [1.54, 1.807) is 41.9 Å². The number of aromatic nitrogens is 4. The summed E-state index contributed by atoms with van der Waals surface area (Å²) in [4.78, 5) is 28.7. The number of β-amino-alcohol motifs (C(OH)–C–C–N with tert-alkyl or cyclic N) is 1. The summed E-state index contributed by atoms with van der Waals surface area (Å²) < 4.78 is 12.4. The molecule has 0 amide bonds. The molecule has 0 spiro atoms. The normalized spacial score (nSPS) is 20.5. The average Bonchev–Trinajstić information content (AvgIpc) is 3.30. The number of piperidine rings is 1. The van der Waals surface area contributed by atoms with Gasteiger partial charge in [-0.15, -0.1) is 0 Å². The van der Waals surface area contributed by atoms with Crippen LogP contribution in [0.3, 0.4) is 0 Å². The number of hydrogen-bond acceptors (Lipinski definition) is 9. The molecular formula is C23H27N5O4S. The Balaban J connectivity index is 1.17. The molecule has 0 aliphatic carbocycles. The standard InChI is InChI=1S/C23H27N5O4S/c1-31-17-9-18-23(25-10-17)26-12-22(30)28(18)7-6-27-5-4-15(19(29)13-27)2-3-16-8-21-20(11-24-16)32-14-33-21/h8-12,15,19,29H,2-7,13-14H2,1H3. The van der Waals surface area contributed by atoms with Gasteiger partial charge in [0, 0.05) is 31.4 Å². The number of hydrogen-bond donors (Lipinski definition) is 1. The zero-order valence-electron chi connectivity index (χ0n) is 18.5. The van der Waals surface area contributed by atoms with E-state index in [4.69, 9.17) is 9.47 Å². The van der Waals surface area contributed by atoms with Gasteiger partial charge in [-0.1, -0.05) is 11.8 Å². The lowest BCUT2D eigenvalue weighted by Gasteiger charge is -2.36. The van der Waals surface area contributed by atoms with E-state index in [0.29, 0.717) is 42.5 Å². The second-order valence-corrected chi connectivity index (χ2v) is 9.41. The number of methoxy groups -OCH3 is 1. The zero-order valence-corrected chi connectivity index (χ0v) is 19.3. The van der Waals surface area contributed by atoms with Gasteiger partial charge in [0.2, 0.25) is 0 Å². The maximum absolute atomic E-state index is 12.5. The van der Waals surface area contributed by atoms with Gasteiger partial charge in [-0.2, -0.15) is 0 Å². The number of ether oxygens (including phenoxy) is 2. The van der Waals surface area contributed by atoms with Gasteiger partial charge < -0.3 is 19.1 Å². The first-order chi connectivity index (χ1) is 16.1. The highest BCUT2D eigenvalue weighted by atomic mass is 32.2. The van der Waals surface area contributed by atoms with Crippen LogP contribution in [0.1, 0.15) is 18.5 Å². The quantitative estimate of drug-likeness (QED) is 0.556. The molecule has 3 aromatic rings. The topological polar surface area (TPSA) is 103 Å².